The third kappa shape index (κ3) is 3.86. The van der Waals surface area contributed by atoms with Gasteiger partial charge in [0.1, 0.15) is 5.82 Å². The Balaban J connectivity index is 1.53. The summed E-state index contributed by atoms with van der Waals surface area (Å²) >= 11 is 0. The number of rotatable bonds is 3. The summed E-state index contributed by atoms with van der Waals surface area (Å²) in [7, 11) is 0. The van der Waals surface area contributed by atoms with Crippen LogP contribution in [0.4, 0.5) is 5.82 Å². The Labute approximate surface area is 126 Å². The van der Waals surface area contributed by atoms with Gasteiger partial charge in [-0.3, -0.25) is 4.99 Å². The van der Waals surface area contributed by atoms with Gasteiger partial charge < -0.3 is 15.5 Å². The van der Waals surface area contributed by atoms with Crippen LogP contribution >= 0.6 is 0 Å². The van der Waals surface area contributed by atoms with Gasteiger partial charge in [-0.15, -0.1) is 0 Å². The molecule has 1 aromatic heterocycles. The number of nitrogens with one attached hydrogen (secondary N) is 2. The number of aromatic nitrogens is 1. The molecule has 1 unspecified atom stereocenters. The van der Waals surface area contributed by atoms with Crippen LogP contribution in [0, 0.1) is 0 Å². The van der Waals surface area contributed by atoms with E-state index in [1.807, 2.05) is 6.20 Å². The summed E-state index contributed by atoms with van der Waals surface area (Å²) in [5, 5.41) is 6.63. The van der Waals surface area contributed by atoms with Gasteiger partial charge in [-0.25, -0.2) is 4.98 Å². The molecule has 0 amide bonds. The number of nitrogens with zero attached hydrogens (tertiary/aromatic N) is 3. The lowest BCUT2D eigenvalue weighted by molar-refractivity contribution is 0.713. The molecule has 5 nitrogen and oxygen atoms in total. The summed E-state index contributed by atoms with van der Waals surface area (Å²) in [5.41, 5.74) is 1.19. The molecule has 0 saturated carbocycles. The zero-order valence-electron chi connectivity index (χ0n) is 12.8. The van der Waals surface area contributed by atoms with Crippen molar-refractivity contribution in [3.05, 3.63) is 23.9 Å². The lowest BCUT2D eigenvalue weighted by Gasteiger charge is -2.21. The molecular formula is C16H25N5. The number of aliphatic imine (C=N–C) groups is 1. The maximum atomic E-state index is 4.63. The molecule has 1 atom stereocenters. The van der Waals surface area contributed by atoms with E-state index < -0.39 is 0 Å². The zero-order chi connectivity index (χ0) is 14.5. The predicted molar refractivity (Wildman–Crippen MR) is 86.7 cm³/mol. The molecule has 1 saturated heterocycles. The molecule has 2 aliphatic rings. The van der Waals surface area contributed by atoms with Crippen LogP contribution in [-0.2, 0) is 6.54 Å². The molecule has 0 spiro atoms. The molecule has 0 bridgehead atoms. The van der Waals surface area contributed by atoms with Crippen molar-refractivity contribution >= 4 is 11.8 Å². The summed E-state index contributed by atoms with van der Waals surface area (Å²) in [5.74, 6) is 2.02. The molecule has 21 heavy (non-hydrogen) atoms. The Morgan fingerprint density at radius 1 is 1.24 bits per heavy atom. The first-order valence-corrected chi connectivity index (χ1v) is 8.06. The van der Waals surface area contributed by atoms with E-state index >= 15 is 0 Å². The molecule has 1 fully saturated rings. The zero-order valence-corrected chi connectivity index (χ0v) is 12.8. The average Bonchev–Trinajstić information content (AvgIpc) is 2.76. The first-order chi connectivity index (χ1) is 10.3. The van der Waals surface area contributed by atoms with Crippen molar-refractivity contribution in [1.29, 1.82) is 0 Å². The minimum atomic E-state index is 0.441. The van der Waals surface area contributed by atoms with Crippen LogP contribution in [0.3, 0.4) is 0 Å². The highest BCUT2D eigenvalue weighted by molar-refractivity contribution is 5.81. The maximum Gasteiger partial charge on any atom is 0.191 e. The van der Waals surface area contributed by atoms with Gasteiger partial charge in [0.15, 0.2) is 5.96 Å². The molecule has 0 aromatic carbocycles. The summed E-state index contributed by atoms with van der Waals surface area (Å²) < 4.78 is 0. The van der Waals surface area contributed by atoms with Crippen molar-refractivity contribution in [3.8, 4) is 0 Å². The van der Waals surface area contributed by atoms with E-state index in [9.17, 15) is 0 Å². The van der Waals surface area contributed by atoms with Gasteiger partial charge in [-0.2, -0.15) is 0 Å². The summed E-state index contributed by atoms with van der Waals surface area (Å²) in [6.45, 7) is 6.04. The van der Waals surface area contributed by atoms with Crippen LogP contribution < -0.4 is 15.5 Å². The van der Waals surface area contributed by atoms with Crippen molar-refractivity contribution in [2.45, 2.75) is 45.2 Å². The molecule has 0 aliphatic carbocycles. The molecule has 2 aliphatic heterocycles. The van der Waals surface area contributed by atoms with E-state index in [1.165, 1.54) is 31.2 Å². The number of anilines is 1. The minimum absolute atomic E-state index is 0.441. The van der Waals surface area contributed by atoms with E-state index in [0.717, 1.165) is 38.0 Å². The predicted octanol–water partition coefficient (Wildman–Crippen LogP) is 1.90. The lowest BCUT2D eigenvalue weighted by Crippen LogP contribution is -2.37. The highest BCUT2D eigenvalue weighted by atomic mass is 15.2. The van der Waals surface area contributed by atoms with E-state index in [4.69, 9.17) is 0 Å². The smallest absolute Gasteiger partial charge is 0.191 e. The second kappa shape index (κ2) is 6.78. The Morgan fingerprint density at radius 2 is 2.05 bits per heavy atom. The Kier molecular flexibility index (Phi) is 4.58. The number of guanidine groups is 1. The maximum absolute atomic E-state index is 4.63. The van der Waals surface area contributed by atoms with Gasteiger partial charge in [0.25, 0.3) is 0 Å². The average molecular weight is 287 g/mol. The summed E-state index contributed by atoms with van der Waals surface area (Å²) in [6.07, 6.45) is 7.26. The van der Waals surface area contributed by atoms with E-state index in [-0.39, 0.29) is 0 Å². The van der Waals surface area contributed by atoms with Crippen LogP contribution in [0.15, 0.2) is 23.3 Å². The van der Waals surface area contributed by atoms with Crippen LogP contribution in [0.2, 0.25) is 0 Å². The molecule has 1 aromatic rings. The van der Waals surface area contributed by atoms with Crippen LogP contribution in [0.5, 0.6) is 0 Å². The van der Waals surface area contributed by atoms with Crippen LogP contribution in [-0.4, -0.2) is 36.6 Å². The Morgan fingerprint density at radius 3 is 2.67 bits per heavy atom. The largest absolute Gasteiger partial charge is 0.357 e. The highest BCUT2D eigenvalue weighted by Gasteiger charge is 2.12. The molecule has 114 valence electrons. The fourth-order valence-corrected chi connectivity index (χ4v) is 2.85. The van der Waals surface area contributed by atoms with E-state index in [2.05, 4.69) is 44.6 Å². The number of hydrogen-bond donors (Lipinski definition) is 2. The first kappa shape index (κ1) is 14.2. The molecule has 2 N–H and O–H groups in total. The minimum Gasteiger partial charge on any atom is -0.357 e. The molecule has 3 rings (SSSR count). The second-order valence-electron chi connectivity index (χ2n) is 6.01. The standard InChI is InChI=1S/C16H25N5/c1-13-10-18-16(20-13)19-12-14-6-7-15(17-11-14)21-8-4-2-3-5-9-21/h6-7,11,13H,2-5,8-10,12H2,1H3,(H2,18,19,20). The van der Waals surface area contributed by atoms with E-state index in [1.54, 1.807) is 0 Å². The van der Waals surface area contributed by atoms with Gasteiger partial charge >= 0.3 is 0 Å². The van der Waals surface area contributed by atoms with Gasteiger partial charge in [0.05, 0.1) is 6.54 Å². The van der Waals surface area contributed by atoms with Crippen LogP contribution in [0.25, 0.3) is 0 Å². The SMILES string of the molecule is CC1CN=C(NCc2ccc(N3CCCCCC3)nc2)N1. The molecular weight excluding hydrogens is 262 g/mol. The first-order valence-electron chi connectivity index (χ1n) is 8.06. The Hall–Kier alpha value is -1.78. The van der Waals surface area contributed by atoms with Gasteiger partial charge in [-0.05, 0) is 31.4 Å². The van der Waals surface area contributed by atoms with Crippen molar-refractivity contribution in [2.75, 3.05) is 24.5 Å². The van der Waals surface area contributed by atoms with E-state index in [0.29, 0.717) is 6.04 Å². The lowest BCUT2D eigenvalue weighted by atomic mass is 10.2. The molecule has 3 heterocycles. The van der Waals surface area contributed by atoms with Crippen molar-refractivity contribution < 1.29 is 0 Å². The normalized spacial score (nSPS) is 22.4. The van der Waals surface area contributed by atoms with Gasteiger partial charge in [0, 0.05) is 31.9 Å². The quantitative estimate of drug-likeness (QED) is 0.891. The number of hydrogen-bond acceptors (Lipinski definition) is 5. The monoisotopic (exact) mass is 287 g/mol. The van der Waals surface area contributed by atoms with Crippen molar-refractivity contribution in [3.63, 3.8) is 0 Å². The second-order valence-corrected chi connectivity index (χ2v) is 6.01. The van der Waals surface area contributed by atoms with Gasteiger partial charge in [-0.1, -0.05) is 18.9 Å². The third-order valence-electron chi connectivity index (χ3n) is 4.11. The fourth-order valence-electron chi connectivity index (χ4n) is 2.85. The van der Waals surface area contributed by atoms with Crippen molar-refractivity contribution in [2.24, 2.45) is 4.99 Å². The number of pyridine rings is 1. The Bertz CT molecular complexity index is 474. The van der Waals surface area contributed by atoms with Gasteiger partial charge in [0.2, 0.25) is 0 Å². The topological polar surface area (TPSA) is 52.6 Å². The third-order valence-corrected chi connectivity index (χ3v) is 4.11. The summed E-state index contributed by atoms with van der Waals surface area (Å²) in [4.78, 5) is 11.4. The molecule has 5 heteroatoms. The highest BCUT2D eigenvalue weighted by Crippen LogP contribution is 2.17. The van der Waals surface area contributed by atoms with Crippen LogP contribution in [0.1, 0.15) is 38.2 Å². The fraction of sp³-hybridized carbons (Fsp3) is 0.625. The summed E-state index contributed by atoms with van der Waals surface area (Å²) in [6, 6.07) is 4.75. The molecule has 0 radical (unpaired) electrons. The van der Waals surface area contributed by atoms with Crippen molar-refractivity contribution in [1.82, 2.24) is 15.6 Å².